The van der Waals surface area contributed by atoms with E-state index < -0.39 is 35.1 Å². The van der Waals surface area contributed by atoms with Crippen LogP contribution in [0.25, 0.3) is 5.69 Å². The Morgan fingerprint density at radius 2 is 1.84 bits per heavy atom. The van der Waals surface area contributed by atoms with E-state index in [0.717, 1.165) is 12.3 Å². The number of amides is 1. The minimum absolute atomic E-state index is 0.0233. The summed E-state index contributed by atoms with van der Waals surface area (Å²) in [6.07, 6.45) is -4.11. The summed E-state index contributed by atoms with van der Waals surface area (Å²) in [5.74, 6) is -2.79. The molecule has 1 N–H and O–H groups in total. The number of anilines is 1. The topological polar surface area (TPSA) is 73.2 Å². The highest BCUT2D eigenvalue weighted by Gasteiger charge is 2.41. The SMILES string of the molecule is CCOC(=O)c1cnn(-c2ccc(NC(=O)c3c(F)cccc3Cl)cc2)c1C(F)(F)F. The van der Waals surface area contributed by atoms with Gasteiger partial charge >= 0.3 is 12.1 Å². The third kappa shape index (κ3) is 4.69. The van der Waals surface area contributed by atoms with E-state index in [1.165, 1.54) is 43.3 Å². The number of esters is 1. The number of halogens is 5. The largest absolute Gasteiger partial charge is 0.462 e. The third-order valence-corrected chi connectivity index (χ3v) is 4.41. The zero-order valence-electron chi connectivity index (χ0n) is 15.8. The summed E-state index contributed by atoms with van der Waals surface area (Å²) >= 11 is 5.85. The van der Waals surface area contributed by atoms with E-state index in [-0.39, 0.29) is 28.6 Å². The number of nitrogens with zero attached hydrogens (tertiary/aromatic N) is 2. The van der Waals surface area contributed by atoms with Gasteiger partial charge in [0.05, 0.1) is 29.1 Å². The predicted molar refractivity (Wildman–Crippen MR) is 104 cm³/mol. The zero-order chi connectivity index (χ0) is 22.8. The Balaban J connectivity index is 1.90. The number of hydrogen-bond donors (Lipinski definition) is 1. The maximum absolute atomic E-state index is 13.9. The molecule has 3 rings (SSSR count). The Labute approximate surface area is 178 Å². The van der Waals surface area contributed by atoms with Gasteiger partial charge in [0, 0.05) is 5.69 Å². The number of carbonyl (C=O) groups is 2. The fourth-order valence-corrected chi connectivity index (χ4v) is 3.02. The van der Waals surface area contributed by atoms with Crippen LogP contribution in [0.15, 0.2) is 48.7 Å². The van der Waals surface area contributed by atoms with Crippen molar-refractivity contribution < 1.29 is 31.9 Å². The van der Waals surface area contributed by atoms with Crippen molar-refractivity contribution in [2.24, 2.45) is 0 Å². The van der Waals surface area contributed by atoms with Crippen LogP contribution in [0.5, 0.6) is 0 Å². The fraction of sp³-hybridized carbons (Fsp3) is 0.150. The number of benzene rings is 2. The molecule has 0 fully saturated rings. The second kappa shape index (κ2) is 8.76. The second-order valence-corrected chi connectivity index (χ2v) is 6.54. The van der Waals surface area contributed by atoms with Crippen LogP contribution in [0.3, 0.4) is 0 Å². The fourth-order valence-electron chi connectivity index (χ4n) is 2.77. The molecule has 0 aliphatic rings. The summed E-state index contributed by atoms with van der Waals surface area (Å²) in [6, 6.07) is 8.85. The van der Waals surface area contributed by atoms with Gasteiger partial charge in [-0.3, -0.25) is 4.79 Å². The van der Waals surface area contributed by atoms with E-state index in [4.69, 9.17) is 11.6 Å². The Kier molecular flexibility index (Phi) is 6.30. The van der Waals surface area contributed by atoms with Crippen LogP contribution in [0.4, 0.5) is 23.2 Å². The number of ether oxygens (including phenoxy) is 1. The summed E-state index contributed by atoms with van der Waals surface area (Å²) < 4.78 is 59.8. The molecule has 0 saturated heterocycles. The van der Waals surface area contributed by atoms with Gasteiger partial charge < -0.3 is 10.1 Å². The van der Waals surface area contributed by atoms with Gasteiger partial charge in [-0.05, 0) is 43.3 Å². The lowest BCUT2D eigenvalue weighted by molar-refractivity contribution is -0.143. The van der Waals surface area contributed by atoms with Crippen LogP contribution < -0.4 is 5.32 Å². The van der Waals surface area contributed by atoms with Crippen molar-refractivity contribution in [1.29, 1.82) is 0 Å². The maximum Gasteiger partial charge on any atom is 0.434 e. The van der Waals surface area contributed by atoms with Crippen molar-refractivity contribution in [1.82, 2.24) is 9.78 Å². The normalized spacial score (nSPS) is 11.3. The second-order valence-electron chi connectivity index (χ2n) is 6.13. The Morgan fingerprint density at radius 1 is 1.16 bits per heavy atom. The molecule has 6 nitrogen and oxygen atoms in total. The molecule has 0 aliphatic carbocycles. The van der Waals surface area contributed by atoms with Gasteiger partial charge in [-0.2, -0.15) is 18.3 Å². The van der Waals surface area contributed by atoms with E-state index in [0.29, 0.717) is 4.68 Å². The van der Waals surface area contributed by atoms with Gasteiger partial charge in [0.1, 0.15) is 11.4 Å². The van der Waals surface area contributed by atoms with Crippen LogP contribution in [-0.2, 0) is 10.9 Å². The molecule has 31 heavy (non-hydrogen) atoms. The Bertz CT molecular complexity index is 1110. The first-order valence-electron chi connectivity index (χ1n) is 8.81. The minimum Gasteiger partial charge on any atom is -0.462 e. The molecule has 0 bridgehead atoms. The van der Waals surface area contributed by atoms with Crippen molar-refractivity contribution in [2.45, 2.75) is 13.1 Å². The van der Waals surface area contributed by atoms with Crippen LogP contribution >= 0.6 is 11.6 Å². The van der Waals surface area contributed by atoms with Crippen molar-refractivity contribution in [3.8, 4) is 5.69 Å². The average Bonchev–Trinajstić information content (AvgIpc) is 3.14. The number of hydrogen-bond acceptors (Lipinski definition) is 4. The van der Waals surface area contributed by atoms with E-state index in [1.807, 2.05) is 0 Å². The standard InChI is InChI=1S/C20H14ClF4N3O3/c1-2-31-19(30)13-10-26-28(17(13)20(23,24)25)12-8-6-11(7-9-12)27-18(29)16-14(21)4-3-5-15(16)22/h3-10H,2H2,1H3,(H,27,29). The monoisotopic (exact) mass is 455 g/mol. The molecule has 0 radical (unpaired) electrons. The molecule has 1 aromatic heterocycles. The molecule has 3 aromatic rings. The molecule has 162 valence electrons. The smallest absolute Gasteiger partial charge is 0.434 e. The van der Waals surface area contributed by atoms with Gasteiger partial charge in [-0.25, -0.2) is 13.9 Å². The molecule has 0 aliphatic heterocycles. The zero-order valence-corrected chi connectivity index (χ0v) is 16.6. The van der Waals surface area contributed by atoms with Gasteiger partial charge in [-0.15, -0.1) is 0 Å². The highest BCUT2D eigenvalue weighted by Crippen LogP contribution is 2.34. The molecule has 11 heteroatoms. The highest BCUT2D eigenvalue weighted by molar-refractivity contribution is 6.34. The van der Waals surface area contributed by atoms with Crippen LogP contribution in [0.1, 0.15) is 33.3 Å². The van der Waals surface area contributed by atoms with E-state index in [9.17, 15) is 27.2 Å². The summed E-state index contributed by atoms with van der Waals surface area (Å²) in [6.45, 7) is 1.37. The van der Waals surface area contributed by atoms with E-state index in [1.54, 1.807) is 0 Å². The lowest BCUT2D eigenvalue weighted by atomic mass is 10.2. The molecular formula is C20H14ClF4N3O3. The Morgan fingerprint density at radius 3 is 2.42 bits per heavy atom. The molecule has 0 saturated carbocycles. The number of alkyl halides is 3. The van der Waals surface area contributed by atoms with Crippen molar-refractivity contribution in [3.05, 3.63) is 76.3 Å². The summed E-state index contributed by atoms with van der Waals surface area (Å²) in [5.41, 5.74) is -2.22. The summed E-state index contributed by atoms with van der Waals surface area (Å²) in [5, 5.41) is 5.98. The lowest BCUT2D eigenvalue weighted by Crippen LogP contribution is -2.18. The van der Waals surface area contributed by atoms with Gasteiger partial charge in [0.25, 0.3) is 5.91 Å². The predicted octanol–water partition coefficient (Wildman–Crippen LogP) is 5.11. The highest BCUT2D eigenvalue weighted by atomic mass is 35.5. The summed E-state index contributed by atoms with van der Waals surface area (Å²) in [4.78, 5) is 24.1. The minimum atomic E-state index is -4.88. The molecule has 0 atom stereocenters. The molecule has 0 unspecified atom stereocenters. The molecular weight excluding hydrogens is 442 g/mol. The van der Waals surface area contributed by atoms with Gasteiger partial charge in [0.2, 0.25) is 0 Å². The Hall–Kier alpha value is -3.40. The van der Waals surface area contributed by atoms with E-state index >= 15 is 0 Å². The third-order valence-electron chi connectivity index (χ3n) is 4.09. The maximum atomic E-state index is 13.9. The molecule has 1 heterocycles. The van der Waals surface area contributed by atoms with Crippen molar-refractivity contribution >= 4 is 29.2 Å². The first kappa shape index (κ1) is 22.3. The molecule has 2 aromatic carbocycles. The summed E-state index contributed by atoms with van der Waals surface area (Å²) in [7, 11) is 0. The average molecular weight is 456 g/mol. The number of nitrogens with one attached hydrogen (secondary N) is 1. The van der Waals surface area contributed by atoms with Crippen molar-refractivity contribution in [2.75, 3.05) is 11.9 Å². The first-order chi connectivity index (χ1) is 14.6. The van der Waals surface area contributed by atoms with E-state index in [2.05, 4.69) is 15.2 Å². The number of carbonyl (C=O) groups excluding carboxylic acids is 2. The lowest BCUT2D eigenvalue weighted by Gasteiger charge is -2.13. The molecule has 1 amide bonds. The van der Waals surface area contributed by atoms with Crippen LogP contribution in [0, 0.1) is 5.82 Å². The number of rotatable bonds is 5. The quantitative estimate of drug-likeness (QED) is 0.428. The van der Waals surface area contributed by atoms with Crippen LogP contribution in [0.2, 0.25) is 5.02 Å². The van der Waals surface area contributed by atoms with Crippen LogP contribution in [-0.4, -0.2) is 28.3 Å². The van der Waals surface area contributed by atoms with Gasteiger partial charge in [0.15, 0.2) is 5.69 Å². The van der Waals surface area contributed by atoms with Gasteiger partial charge in [-0.1, -0.05) is 17.7 Å². The molecule has 0 spiro atoms. The first-order valence-corrected chi connectivity index (χ1v) is 9.19. The van der Waals surface area contributed by atoms with Crippen molar-refractivity contribution in [3.63, 3.8) is 0 Å². The number of aromatic nitrogens is 2.